The summed E-state index contributed by atoms with van der Waals surface area (Å²) in [4.78, 5) is 0. The minimum absolute atomic E-state index is 0.282. The summed E-state index contributed by atoms with van der Waals surface area (Å²) in [7, 11) is 4.18. The summed E-state index contributed by atoms with van der Waals surface area (Å²) in [5, 5.41) is 17.0. The molecule has 6 aromatic carbocycles. The van der Waals surface area contributed by atoms with E-state index in [0.29, 0.717) is 5.78 Å². The van der Waals surface area contributed by atoms with Crippen LogP contribution in [-0.2, 0) is 0 Å². The molecule has 0 heterocycles. The fourth-order valence-electron chi connectivity index (χ4n) is 8.69. The van der Waals surface area contributed by atoms with Crippen molar-refractivity contribution in [1.29, 1.82) is 0 Å². The molecule has 0 aromatic heterocycles. The molecule has 53 heavy (non-hydrogen) atoms. The molecule has 0 aliphatic heterocycles. The Morgan fingerprint density at radius 1 is 0.415 bits per heavy atom. The van der Waals surface area contributed by atoms with E-state index in [1.54, 1.807) is 0 Å². The Labute approximate surface area is 327 Å². The molecule has 0 saturated heterocycles. The van der Waals surface area contributed by atoms with E-state index in [-0.39, 0.29) is 5.78 Å². The molecular weight excluding hydrogens is 748 g/mol. The molecule has 2 atom stereocenters. The molecule has 0 spiro atoms. The van der Waals surface area contributed by atoms with E-state index in [1.807, 2.05) is 0 Å². The summed E-state index contributed by atoms with van der Waals surface area (Å²) < 4.78 is 0. The van der Waals surface area contributed by atoms with Crippen molar-refractivity contribution < 1.29 is 0 Å². The van der Waals surface area contributed by atoms with E-state index in [2.05, 4.69) is 248 Å². The van der Waals surface area contributed by atoms with Crippen molar-refractivity contribution >= 4 is 59.4 Å². The minimum atomic E-state index is -3.01. The maximum atomic E-state index is 4.47. The van der Waals surface area contributed by atoms with Gasteiger partial charge in [-0.2, -0.15) is 0 Å². The van der Waals surface area contributed by atoms with Gasteiger partial charge in [0.2, 0.25) is 0 Å². The predicted octanol–water partition coefficient (Wildman–Crippen LogP) is 9.17. The third-order valence-electron chi connectivity index (χ3n) is 11.0. The third kappa shape index (κ3) is 7.00. The molecule has 3 nitrogen and oxygen atoms in total. The van der Waals surface area contributed by atoms with Gasteiger partial charge >= 0.3 is 329 Å². The van der Waals surface area contributed by atoms with E-state index in [0.717, 1.165) is 25.8 Å². The number of rotatable bonds is 15. The van der Waals surface area contributed by atoms with Crippen LogP contribution in [0.1, 0.15) is 40.0 Å². The quantitative estimate of drug-likeness (QED) is 0.0907. The van der Waals surface area contributed by atoms with Crippen LogP contribution in [0.4, 0.5) is 0 Å². The first kappa shape index (κ1) is 40.7. The molecule has 0 radical (unpaired) electrons. The first-order valence-electron chi connectivity index (χ1n) is 19.1. The van der Waals surface area contributed by atoms with Crippen molar-refractivity contribution in [2.75, 3.05) is 20.6 Å². The van der Waals surface area contributed by atoms with Crippen LogP contribution >= 0.6 is 27.5 Å². The van der Waals surface area contributed by atoms with Crippen LogP contribution < -0.4 is 47.5 Å². The van der Waals surface area contributed by atoms with Gasteiger partial charge in [0.05, 0.1) is 0 Å². The van der Waals surface area contributed by atoms with Gasteiger partial charge in [0.25, 0.3) is 0 Å². The van der Waals surface area contributed by atoms with Crippen molar-refractivity contribution in [2.45, 2.75) is 51.6 Å². The second-order valence-electron chi connectivity index (χ2n) is 13.6. The van der Waals surface area contributed by atoms with Gasteiger partial charge in [-0.25, -0.2) is 0 Å². The summed E-state index contributed by atoms with van der Waals surface area (Å²) >= 11 is 4.47. The molecule has 3 N–H and O–H groups in total. The average molecular weight is 807 g/mol. The first-order valence-corrected chi connectivity index (χ1v) is 25.7. The molecular formula is C47H58BrN3P2. The summed E-state index contributed by atoms with van der Waals surface area (Å²) in [5.74, 6) is 0.572. The number of halogens is 1. The molecule has 0 fully saturated rings. The summed E-state index contributed by atoms with van der Waals surface area (Å²) in [6.45, 7) is 4.77. The number of benzene rings is 6. The van der Waals surface area contributed by atoms with E-state index < -0.39 is 12.1 Å². The second kappa shape index (κ2) is 18.2. The van der Waals surface area contributed by atoms with Crippen molar-refractivity contribution in [3.8, 4) is 0 Å². The molecule has 6 rings (SSSR count). The zero-order chi connectivity index (χ0) is 37.7. The van der Waals surface area contributed by atoms with Crippen LogP contribution in [0.2, 0.25) is 0 Å². The van der Waals surface area contributed by atoms with Gasteiger partial charge in [-0.15, -0.1) is 0 Å². The van der Waals surface area contributed by atoms with Gasteiger partial charge in [-0.3, -0.25) is 0 Å². The molecule has 0 amide bonds. The molecule has 0 saturated carbocycles. The van der Waals surface area contributed by atoms with Crippen molar-refractivity contribution in [2.24, 2.45) is 0 Å². The second-order valence-corrected chi connectivity index (χ2v) is 27.2. The molecule has 0 aliphatic rings. The zero-order valence-corrected chi connectivity index (χ0v) is 35.5. The van der Waals surface area contributed by atoms with E-state index in [4.69, 9.17) is 0 Å². The van der Waals surface area contributed by atoms with Crippen LogP contribution in [0.25, 0.3) is 0 Å². The Kier molecular flexibility index (Phi) is 14.0. The van der Waals surface area contributed by atoms with Crippen LogP contribution in [0.3, 0.4) is 0 Å². The monoisotopic (exact) mass is 805 g/mol. The molecule has 6 aromatic rings. The van der Waals surface area contributed by atoms with Gasteiger partial charge in [-0.05, 0) is 0 Å². The Bertz CT molecular complexity index is 1740. The SMILES string of the molecule is CCC(NC)P(Br)(c1ccccc1)(c1ccccc1)c1ccccc1.CCCNP(c1ccccc1)(c1ccccc1)(c1ccccc1)C(CC)NC. The Morgan fingerprint density at radius 2 is 0.679 bits per heavy atom. The fourth-order valence-corrected chi connectivity index (χ4v) is 24.8. The fraction of sp³-hybridized carbons (Fsp3) is 0.234. The number of hydrogen-bond acceptors (Lipinski definition) is 3. The predicted molar refractivity (Wildman–Crippen MR) is 244 cm³/mol. The van der Waals surface area contributed by atoms with Gasteiger partial charge in [-0.1, -0.05) is 0 Å². The number of hydrogen-bond donors (Lipinski definition) is 3. The third-order valence-corrected chi connectivity index (χ3v) is 28.7. The molecule has 0 bridgehead atoms. The molecule has 2 unspecified atom stereocenters. The molecule has 6 heteroatoms. The van der Waals surface area contributed by atoms with Crippen LogP contribution in [0, 0.1) is 0 Å². The summed E-state index contributed by atoms with van der Waals surface area (Å²) in [6, 6.07) is 66.1. The molecule has 0 aliphatic carbocycles. The first-order chi connectivity index (χ1) is 25.9. The van der Waals surface area contributed by atoms with E-state index in [9.17, 15) is 0 Å². The van der Waals surface area contributed by atoms with Crippen molar-refractivity contribution in [3.63, 3.8) is 0 Å². The summed E-state index contributed by atoms with van der Waals surface area (Å²) in [6.07, 6.45) is 3.15. The van der Waals surface area contributed by atoms with Crippen molar-refractivity contribution in [3.05, 3.63) is 182 Å². The summed E-state index contributed by atoms with van der Waals surface area (Å²) in [5.41, 5.74) is 0. The Balaban J connectivity index is 0.000000206. The van der Waals surface area contributed by atoms with Crippen LogP contribution in [0.5, 0.6) is 0 Å². The van der Waals surface area contributed by atoms with Gasteiger partial charge in [0.15, 0.2) is 0 Å². The van der Waals surface area contributed by atoms with Crippen molar-refractivity contribution in [1.82, 2.24) is 15.7 Å². The van der Waals surface area contributed by atoms with Gasteiger partial charge in [0, 0.05) is 0 Å². The number of nitrogens with one attached hydrogen (secondary N) is 3. The Hall–Kier alpha value is -3.46. The average Bonchev–Trinajstić information content (AvgIpc) is 3.25. The normalized spacial score (nSPS) is 14.3. The Morgan fingerprint density at radius 3 is 0.906 bits per heavy atom. The topological polar surface area (TPSA) is 36.1 Å². The van der Waals surface area contributed by atoms with E-state index in [1.165, 1.54) is 31.8 Å². The zero-order valence-electron chi connectivity index (χ0n) is 32.1. The van der Waals surface area contributed by atoms with Crippen LogP contribution in [0.15, 0.2) is 182 Å². The van der Waals surface area contributed by atoms with Crippen LogP contribution in [-0.4, -0.2) is 32.2 Å². The van der Waals surface area contributed by atoms with Gasteiger partial charge < -0.3 is 0 Å². The van der Waals surface area contributed by atoms with Gasteiger partial charge in [0.1, 0.15) is 0 Å². The molecule has 278 valence electrons. The maximum absolute atomic E-state index is 4.47. The van der Waals surface area contributed by atoms with E-state index >= 15 is 0 Å². The standard InChI is InChI=1S/C25H33N2P.C22H25BrNP/c1-4-21-27-28(25(5-2)26-3,22-15-9-6-10-16-22,23-17-11-7-12-18-23)24-19-13-8-14-20-24;1-3-22(24-2)25(23,19-13-7-4-8-14-19,20-15-9-5-10-16-20)21-17-11-6-12-18-21/h6-20,25-27H,4-5,21H2,1-3H3;4-18,22,24H,3H2,1-2H3.